The lowest BCUT2D eigenvalue weighted by molar-refractivity contribution is -0.165. The van der Waals surface area contributed by atoms with Gasteiger partial charge in [0.25, 0.3) is 0 Å². The molecule has 2 aliphatic rings. The lowest BCUT2D eigenvalue weighted by Crippen LogP contribution is -2.46. The van der Waals surface area contributed by atoms with Gasteiger partial charge in [-0.05, 0) is 0 Å². The summed E-state index contributed by atoms with van der Waals surface area (Å²) < 4.78 is 10.0. The summed E-state index contributed by atoms with van der Waals surface area (Å²) in [6.45, 7) is 1.48. The number of ketones is 1. The van der Waals surface area contributed by atoms with Crippen molar-refractivity contribution in [2.75, 3.05) is 13.2 Å². The Morgan fingerprint density at radius 1 is 1.10 bits per heavy atom. The van der Waals surface area contributed by atoms with Crippen molar-refractivity contribution < 1.29 is 14.3 Å². The zero-order valence-corrected chi connectivity index (χ0v) is 5.71. The van der Waals surface area contributed by atoms with E-state index in [-0.39, 0.29) is 18.0 Å². The van der Waals surface area contributed by atoms with Crippen LogP contribution in [-0.2, 0) is 14.3 Å². The molecular formula is C7H10O3. The predicted octanol–water partition coefficient (Wildman–Crippen LogP) is 0.133. The van der Waals surface area contributed by atoms with Crippen LogP contribution in [0.5, 0.6) is 0 Å². The third-order valence-electron chi connectivity index (χ3n) is 2.03. The monoisotopic (exact) mass is 142 g/mol. The topological polar surface area (TPSA) is 35.5 Å². The van der Waals surface area contributed by atoms with E-state index in [9.17, 15) is 4.79 Å². The molecule has 2 aliphatic heterocycles. The Morgan fingerprint density at radius 3 is 1.70 bits per heavy atom. The van der Waals surface area contributed by atoms with E-state index in [0.29, 0.717) is 0 Å². The molecule has 0 amide bonds. The number of hydrogen-bond donors (Lipinski definition) is 0. The molecule has 3 nitrogen and oxygen atoms in total. The van der Waals surface area contributed by atoms with Gasteiger partial charge in [-0.2, -0.15) is 0 Å². The lowest BCUT2D eigenvalue weighted by atomic mass is 9.99. The van der Waals surface area contributed by atoms with Crippen LogP contribution in [0.4, 0.5) is 0 Å². The first-order chi connectivity index (χ1) is 4.88. The molecule has 0 aromatic heterocycles. The van der Waals surface area contributed by atoms with Gasteiger partial charge >= 0.3 is 0 Å². The molecule has 2 atom stereocenters. The van der Waals surface area contributed by atoms with E-state index < -0.39 is 0 Å². The number of carbonyl (C=O) groups excluding carboxylic acids is 1. The normalized spacial score (nSPS) is 38.0. The van der Waals surface area contributed by atoms with E-state index in [1.165, 1.54) is 0 Å². The predicted molar refractivity (Wildman–Crippen MR) is 33.7 cm³/mol. The summed E-state index contributed by atoms with van der Waals surface area (Å²) in [5, 5.41) is 0. The Labute approximate surface area is 59.3 Å². The van der Waals surface area contributed by atoms with E-state index >= 15 is 0 Å². The van der Waals surface area contributed by atoms with Crippen molar-refractivity contribution >= 4 is 5.78 Å². The van der Waals surface area contributed by atoms with Crippen LogP contribution in [0.25, 0.3) is 0 Å². The summed E-state index contributed by atoms with van der Waals surface area (Å²) in [6, 6.07) is 0. The van der Waals surface area contributed by atoms with Gasteiger partial charge in [0, 0.05) is 12.8 Å². The van der Waals surface area contributed by atoms with Crippen LogP contribution in [0.3, 0.4) is 0 Å². The first kappa shape index (κ1) is 6.31. The van der Waals surface area contributed by atoms with Gasteiger partial charge in [-0.3, -0.25) is 4.79 Å². The Bertz CT molecular complexity index is 131. The van der Waals surface area contributed by atoms with Crippen LogP contribution < -0.4 is 0 Å². The van der Waals surface area contributed by atoms with Gasteiger partial charge in [-0.15, -0.1) is 0 Å². The molecule has 0 radical (unpaired) electrons. The molecule has 0 saturated carbocycles. The summed E-state index contributed by atoms with van der Waals surface area (Å²) in [7, 11) is 0. The zero-order valence-electron chi connectivity index (χ0n) is 5.71. The highest BCUT2D eigenvalue weighted by Gasteiger charge is 2.35. The molecule has 0 spiro atoms. The minimum absolute atomic E-state index is 0.134. The van der Waals surface area contributed by atoms with Crippen molar-refractivity contribution in [2.45, 2.75) is 25.0 Å². The van der Waals surface area contributed by atoms with E-state index in [1.807, 2.05) is 0 Å². The number of hydrogen-bond acceptors (Lipinski definition) is 3. The fourth-order valence-corrected chi connectivity index (χ4v) is 1.13. The molecule has 10 heavy (non-hydrogen) atoms. The van der Waals surface area contributed by atoms with Gasteiger partial charge in [0.05, 0.1) is 13.2 Å². The zero-order chi connectivity index (χ0) is 6.97. The van der Waals surface area contributed by atoms with Crippen LogP contribution in [0.15, 0.2) is 0 Å². The number of ether oxygens (including phenoxy) is 2. The molecular weight excluding hydrogens is 132 g/mol. The second kappa shape index (κ2) is 2.32. The van der Waals surface area contributed by atoms with Crippen LogP contribution in [0.2, 0.25) is 0 Å². The Balaban J connectivity index is 1.84. The van der Waals surface area contributed by atoms with Gasteiger partial charge in [-0.1, -0.05) is 0 Å². The highest BCUT2D eigenvalue weighted by Crippen LogP contribution is 2.20. The largest absolute Gasteiger partial charge is 0.370 e. The molecule has 56 valence electrons. The SMILES string of the molecule is O=C(C1CCO1)C1CCO1. The molecule has 0 aromatic rings. The number of rotatable bonds is 2. The second-order valence-electron chi connectivity index (χ2n) is 2.70. The fraction of sp³-hybridized carbons (Fsp3) is 0.857. The third-order valence-corrected chi connectivity index (χ3v) is 2.03. The molecule has 0 aliphatic carbocycles. The minimum atomic E-state index is -0.134. The Hall–Kier alpha value is -0.410. The lowest BCUT2D eigenvalue weighted by Gasteiger charge is -2.32. The summed E-state index contributed by atoms with van der Waals surface area (Å²) in [4.78, 5) is 11.2. The first-order valence-corrected chi connectivity index (χ1v) is 3.65. The minimum Gasteiger partial charge on any atom is -0.370 e. The van der Waals surface area contributed by atoms with Crippen molar-refractivity contribution in [1.82, 2.24) is 0 Å². The Morgan fingerprint density at radius 2 is 1.50 bits per heavy atom. The molecule has 0 aromatic carbocycles. The molecule has 0 bridgehead atoms. The van der Waals surface area contributed by atoms with E-state index in [4.69, 9.17) is 9.47 Å². The van der Waals surface area contributed by atoms with Crippen LogP contribution in [0, 0.1) is 0 Å². The van der Waals surface area contributed by atoms with Gasteiger partial charge in [0.15, 0.2) is 5.78 Å². The van der Waals surface area contributed by atoms with Gasteiger partial charge in [0.1, 0.15) is 12.2 Å². The maximum Gasteiger partial charge on any atom is 0.190 e. The van der Waals surface area contributed by atoms with Crippen molar-refractivity contribution in [3.8, 4) is 0 Å². The quantitative estimate of drug-likeness (QED) is 0.550. The molecule has 0 N–H and O–H groups in total. The van der Waals surface area contributed by atoms with Gasteiger partial charge < -0.3 is 9.47 Å². The van der Waals surface area contributed by atoms with Crippen LogP contribution in [0.1, 0.15) is 12.8 Å². The number of Topliss-reactive ketones (excluding diaryl/α,β-unsaturated/α-hetero) is 1. The average molecular weight is 142 g/mol. The molecule has 2 saturated heterocycles. The summed E-state index contributed by atoms with van der Waals surface area (Å²) >= 11 is 0. The van der Waals surface area contributed by atoms with E-state index in [1.54, 1.807) is 0 Å². The van der Waals surface area contributed by atoms with E-state index in [2.05, 4.69) is 0 Å². The highest BCUT2D eigenvalue weighted by molar-refractivity contribution is 5.88. The van der Waals surface area contributed by atoms with E-state index in [0.717, 1.165) is 26.1 Å². The molecule has 2 fully saturated rings. The third kappa shape index (κ3) is 0.859. The van der Waals surface area contributed by atoms with Crippen molar-refractivity contribution in [3.63, 3.8) is 0 Å². The first-order valence-electron chi connectivity index (χ1n) is 3.65. The summed E-state index contributed by atoms with van der Waals surface area (Å²) in [5.41, 5.74) is 0. The van der Waals surface area contributed by atoms with Crippen molar-refractivity contribution in [3.05, 3.63) is 0 Å². The average Bonchev–Trinajstić information content (AvgIpc) is 1.52. The van der Waals surface area contributed by atoms with Crippen LogP contribution >= 0.6 is 0 Å². The maximum absolute atomic E-state index is 11.2. The van der Waals surface area contributed by atoms with Crippen molar-refractivity contribution in [1.29, 1.82) is 0 Å². The maximum atomic E-state index is 11.2. The van der Waals surface area contributed by atoms with Crippen molar-refractivity contribution in [2.24, 2.45) is 0 Å². The summed E-state index contributed by atoms with van der Waals surface area (Å²) in [6.07, 6.45) is 1.51. The van der Waals surface area contributed by atoms with Crippen LogP contribution in [-0.4, -0.2) is 31.2 Å². The molecule has 2 heterocycles. The fourth-order valence-electron chi connectivity index (χ4n) is 1.13. The molecule has 2 rings (SSSR count). The molecule has 2 unspecified atom stereocenters. The molecule has 3 heteroatoms. The highest BCUT2D eigenvalue weighted by atomic mass is 16.5. The summed E-state index contributed by atoms with van der Waals surface area (Å²) in [5.74, 6) is 0.150. The second-order valence-corrected chi connectivity index (χ2v) is 2.70. The van der Waals surface area contributed by atoms with Gasteiger partial charge in [0.2, 0.25) is 0 Å². The Kier molecular flexibility index (Phi) is 1.47. The van der Waals surface area contributed by atoms with Gasteiger partial charge in [-0.25, -0.2) is 0 Å². The standard InChI is InChI=1S/C7H10O3/c8-7(5-1-3-9-5)6-2-4-10-6/h5-6H,1-4H2. The number of carbonyl (C=O) groups is 1. The smallest absolute Gasteiger partial charge is 0.190 e.